The van der Waals surface area contributed by atoms with E-state index in [1.807, 2.05) is 0 Å². The molecular weight excluding hydrogens is 685 g/mol. The number of hydrogen-bond donors (Lipinski definition) is 0. The fourth-order valence-corrected chi connectivity index (χ4v) is 13.3. The Bertz CT molecular complexity index is 462. The maximum absolute atomic E-state index is 3.49. The number of halogens is 4. The van der Waals surface area contributed by atoms with Crippen LogP contribution in [0.25, 0.3) is 0 Å². The van der Waals surface area contributed by atoms with E-state index in [9.17, 15) is 0 Å². The second kappa shape index (κ2) is 6.40. The molecule has 0 atom stereocenters. The molecule has 0 amide bonds. The summed E-state index contributed by atoms with van der Waals surface area (Å²) in [7, 11) is -2.18. The predicted octanol–water partition coefficient (Wildman–Crippen LogP) is 4.64. The Morgan fingerprint density at radius 2 is 0.941 bits per heavy atom. The van der Waals surface area contributed by atoms with Gasteiger partial charge in [-0.25, -0.2) is 0 Å². The van der Waals surface area contributed by atoms with Gasteiger partial charge in [-0.3, -0.25) is 0 Å². The second-order valence-corrected chi connectivity index (χ2v) is 39.6. The molecule has 0 aromatic heterocycles. The summed E-state index contributed by atoms with van der Waals surface area (Å²) in [5.41, 5.74) is 0. The Kier molecular flexibility index (Phi) is 5.66. The first-order valence-corrected chi connectivity index (χ1v) is 22.2. The molecule has 2 aromatic carbocycles. The molecule has 0 bridgehead atoms. The van der Waals surface area contributed by atoms with Crippen LogP contribution >= 0.6 is 69.2 Å². The van der Waals surface area contributed by atoms with Gasteiger partial charge in [-0.05, 0) is 0 Å². The van der Waals surface area contributed by atoms with Crippen LogP contribution in [-0.4, -0.2) is 10.3 Å². The van der Waals surface area contributed by atoms with Crippen LogP contribution in [0, 0.1) is 0 Å². The summed E-state index contributed by atoms with van der Waals surface area (Å²) in [6.07, 6.45) is 0. The summed E-state index contributed by atoms with van der Waals surface area (Å²) in [6.45, 7) is 0. The van der Waals surface area contributed by atoms with E-state index >= 15 is 0 Å². The molecule has 0 radical (unpaired) electrons. The number of benzene rings is 2. The Balaban J connectivity index is 2.41. The van der Waals surface area contributed by atoms with Gasteiger partial charge in [-0.15, -0.1) is 0 Å². The monoisotopic (exact) mass is 694 g/mol. The van der Waals surface area contributed by atoms with Crippen molar-refractivity contribution < 1.29 is 0 Å². The van der Waals surface area contributed by atoms with Gasteiger partial charge in [-0.2, -0.15) is 0 Å². The first kappa shape index (κ1) is 15.0. The second-order valence-electron chi connectivity index (χ2n) is 3.38. The van der Waals surface area contributed by atoms with Crippen LogP contribution in [0.4, 0.5) is 0 Å². The Hall–Kier alpha value is 1.65. The van der Waals surface area contributed by atoms with Crippen molar-refractivity contribution in [1.82, 2.24) is 0 Å². The van der Waals surface area contributed by atoms with E-state index < -0.39 is 10.3 Å². The van der Waals surface area contributed by atoms with Crippen molar-refractivity contribution in [2.24, 2.45) is 0 Å². The van der Waals surface area contributed by atoms with Gasteiger partial charge < -0.3 is 0 Å². The van der Waals surface area contributed by atoms with Gasteiger partial charge in [-0.1, -0.05) is 0 Å². The van der Waals surface area contributed by atoms with Gasteiger partial charge in [0.15, 0.2) is 0 Å². The van der Waals surface area contributed by atoms with Crippen LogP contribution < -0.4 is 7.22 Å². The average Bonchev–Trinajstić information content (AvgIpc) is 2.30. The van der Waals surface area contributed by atoms with Crippen LogP contribution in [-0.2, 0) is 0 Å². The molecule has 0 heterocycles. The quantitative estimate of drug-likeness (QED) is 0.318. The molecule has 0 aliphatic carbocycles. The Labute approximate surface area is 142 Å². The van der Waals surface area contributed by atoms with E-state index in [1.54, 1.807) is 0 Å². The van der Waals surface area contributed by atoms with Crippen LogP contribution in [0.15, 0.2) is 57.5 Å². The molecule has 0 saturated heterocycles. The van der Waals surface area contributed by atoms with Gasteiger partial charge in [0.2, 0.25) is 0 Å². The Morgan fingerprint density at radius 3 is 1.24 bits per heavy atom. The van der Waals surface area contributed by atoms with Crippen molar-refractivity contribution in [2.75, 3.05) is 0 Å². The van der Waals surface area contributed by atoms with Crippen LogP contribution in [0.2, 0.25) is 0 Å². The van der Waals surface area contributed by atoms with E-state index in [2.05, 4.69) is 118 Å². The van der Waals surface area contributed by atoms with Crippen molar-refractivity contribution in [1.29, 1.82) is 0 Å². The van der Waals surface area contributed by atoms with Crippen molar-refractivity contribution >= 4 is 86.8 Å². The van der Waals surface area contributed by atoms with Crippen molar-refractivity contribution in [3.63, 3.8) is 0 Å². The minimum atomic E-state index is -2.18. The SMILES string of the molecule is Brc1ccc([Te](I)(I)c2ccc(Br)cc2)cc1. The molecule has 0 saturated carbocycles. The molecule has 0 nitrogen and oxygen atoms in total. The van der Waals surface area contributed by atoms with Crippen LogP contribution in [0.1, 0.15) is 0 Å². The molecule has 0 aliphatic rings. The normalized spacial score (nSPS) is 12.5. The van der Waals surface area contributed by atoms with Gasteiger partial charge >= 0.3 is 144 Å². The molecule has 90 valence electrons. The molecule has 0 unspecified atom stereocenters. The predicted molar refractivity (Wildman–Crippen MR) is 101 cm³/mol. The van der Waals surface area contributed by atoms with E-state index in [0.29, 0.717) is 0 Å². The minimum absolute atomic E-state index is 1.14. The van der Waals surface area contributed by atoms with Crippen LogP contribution in [0.5, 0.6) is 0 Å². The first-order valence-electron chi connectivity index (χ1n) is 4.74. The van der Waals surface area contributed by atoms with E-state index in [1.165, 1.54) is 7.22 Å². The van der Waals surface area contributed by atoms with Crippen molar-refractivity contribution in [2.45, 2.75) is 0 Å². The third-order valence-corrected chi connectivity index (χ3v) is 21.9. The molecule has 2 aromatic rings. The molecule has 0 aliphatic heterocycles. The fraction of sp³-hybridized carbons (Fsp3) is 0. The zero-order valence-electron chi connectivity index (χ0n) is 8.54. The molecule has 5 heteroatoms. The summed E-state index contributed by atoms with van der Waals surface area (Å²) in [5, 5.41) is 0. The van der Waals surface area contributed by atoms with Crippen LogP contribution in [0.3, 0.4) is 0 Å². The van der Waals surface area contributed by atoms with E-state index in [-0.39, 0.29) is 0 Å². The zero-order valence-corrected chi connectivity index (χ0v) is 18.4. The standard InChI is InChI=1S/C12H8Br2I2Te/c13-9-1-5-11(6-2-9)17(15,16)12-7-3-10(14)4-8-12/h1-8H. The van der Waals surface area contributed by atoms with E-state index in [4.69, 9.17) is 0 Å². The summed E-state index contributed by atoms with van der Waals surface area (Å²) < 4.78 is 5.26. The molecule has 0 N–H and O–H groups in total. The first-order chi connectivity index (χ1) is 8.00. The topological polar surface area (TPSA) is 0 Å². The summed E-state index contributed by atoms with van der Waals surface area (Å²) >= 11 is 12.3. The average molecular weight is 693 g/mol. The third kappa shape index (κ3) is 3.82. The summed E-state index contributed by atoms with van der Waals surface area (Å²) in [6, 6.07) is 17.5. The van der Waals surface area contributed by atoms with Gasteiger partial charge in [0.1, 0.15) is 0 Å². The van der Waals surface area contributed by atoms with Gasteiger partial charge in [0.05, 0.1) is 0 Å². The zero-order chi connectivity index (χ0) is 12.5. The Morgan fingerprint density at radius 1 is 0.647 bits per heavy atom. The van der Waals surface area contributed by atoms with Crippen molar-refractivity contribution in [3.8, 4) is 0 Å². The van der Waals surface area contributed by atoms with Gasteiger partial charge in [0.25, 0.3) is 0 Å². The van der Waals surface area contributed by atoms with E-state index in [0.717, 1.165) is 8.95 Å². The molecule has 17 heavy (non-hydrogen) atoms. The summed E-state index contributed by atoms with van der Waals surface area (Å²) in [5.74, 6) is 0. The van der Waals surface area contributed by atoms with Crippen molar-refractivity contribution in [3.05, 3.63) is 57.5 Å². The molecule has 0 fully saturated rings. The van der Waals surface area contributed by atoms with Gasteiger partial charge in [0, 0.05) is 0 Å². The third-order valence-electron chi connectivity index (χ3n) is 2.22. The fourth-order valence-electron chi connectivity index (χ4n) is 1.35. The molecule has 0 spiro atoms. The number of hydrogen-bond acceptors (Lipinski definition) is 0. The molecular formula is C12H8Br2I2Te. The summed E-state index contributed by atoms with van der Waals surface area (Å²) in [4.78, 5) is 0. The number of rotatable bonds is 2. The molecule has 2 rings (SSSR count). The maximum atomic E-state index is 3.49.